The molecule has 0 aliphatic carbocycles. The van der Waals surface area contributed by atoms with Crippen molar-refractivity contribution in [1.82, 2.24) is 9.21 Å². The molecule has 0 saturated carbocycles. The number of hydrogen-bond donors (Lipinski definition) is 0. The molecule has 1 fully saturated rings. The van der Waals surface area contributed by atoms with E-state index in [4.69, 9.17) is 4.74 Å². The summed E-state index contributed by atoms with van der Waals surface area (Å²) in [5, 5.41) is 1.92. The normalized spacial score (nSPS) is 15.1. The Morgan fingerprint density at radius 1 is 1.00 bits per heavy atom. The average molecular weight is 457 g/mol. The lowest BCUT2D eigenvalue weighted by molar-refractivity contribution is 0.0702. The van der Waals surface area contributed by atoms with Crippen LogP contribution in [0.2, 0.25) is 0 Å². The maximum absolute atomic E-state index is 12.9. The molecule has 162 valence electrons. The highest BCUT2D eigenvalue weighted by molar-refractivity contribution is 7.89. The minimum Gasteiger partial charge on any atom is -0.489 e. The SMILES string of the molecule is Cc1ccc(S(=O)(=O)N2CCN(C(=O)c3cc(COc4ccccc4)cs3)CC2)cc1. The summed E-state index contributed by atoms with van der Waals surface area (Å²) in [4.78, 5) is 15.5. The van der Waals surface area contributed by atoms with Crippen molar-refractivity contribution in [1.29, 1.82) is 0 Å². The van der Waals surface area contributed by atoms with Crippen molar-refractivity contribution in [3.63, 3.8) is 0 Å². The highest BCUT2D eigenvalue weighted by Gasteiger charge is 2.30. The van der Waals surface area contributed by atoms with Crippen molar-refractivity contribution in [2.45, 2.75) is 18.4 Å². The van der Waals surface area contributed by atoms with Crippen molar-refractivity contribution < 1.29 is 17.9 Å². The highest BCUT2D eigenvalue weighted by atomic mass is 32.2. The number of para-hydroxylation sites is 1. The number of ether oxygens (including phenoxy) is 1. The summed E-state index contributed by atoms with van der Waals surface area (Å²) in [5.41, 5.74) is 1.96. The fraction of sp³-hybridized carbons (Fsp3) is 0.261. The Kier molecular flexibility index (Phi) is 6.41. The number of sulfonamides is 1. The second kappa shape index (κ2) is 9.21. The van der Waals surface area contributed by atoms with Gasteiger partial charge in [0, 0.05) is 31.7 Å². The van der Waals surface area contributed by atoms with Gasteiger partial charge in [-0.3, -0.25) is 4.79 Å². The second-order valence-corrected chi connectivity index (χ2v) is 10.3. The first-order valence-corrected chi connectivity index (χ1v) is 12.4. The molecule has 3 aromatic rings. The Bertz CT molecular complexity index is 1130. The fourth-order valence-electron chi connectivity index (χ4n) is 3.39. The van der Waals surface area contributed by atoms with Gasteiger partial charge in [0.2, 0.25) is 10.0 Å². The first-order chi connectivity index (χ1) is 14.9. The molecule has 0 unspecified atom stereocenters. The highest BCUT2D eigenvalue weighted by Crippen LogP contribution is 2.22. The van der Waals surface area contributed by atoms with Crippen molar-refractivity contribution >= 4 is 27.3 Å². The Morgan fingerprint density at radius 3 is 2.35 bits per heavy atom. The van der Waals surface area contributed by atoms with Gasteiger partial charge in [0.1, 0.15) is 12.4 Å². The van der Waals surface area contributed by atoms with Crippen molar-refractivity contribution in [3.8, 4) is 5.75 Å². The number of benzene rings is 2. The number of aryl methyl sites for hydroxylation is 1. The molecule has 8 heteroatoms. The number of amides is 1. The summed E-state index contributed by atoms with van der Waals surface area (Å²) < 4.78 is 32.9. The predicted octanol–water partition coefficient (Wildman–Crippen LogP) is 3.78. The van der Waals surface area contributed by atoms with Crippen molar-refractivity contribution in [3.05, 3.63) is 82.0 Å². The Hall–Kier alpha value is -2.68. The molecule has 1 amide bonds. The van der Waals surface area contributed by atoms with Crippen LogP contribution in [0.15, 0.2) is 70.9 Å². The van der Waals surface area contributed by atoms with E-state index in [0.717, 1.165) is 16.9 Å². The molecule has 1 aliphatic heterocycles. The molecule has 1 saturated heterocycles. The maximum atomic E-state index is 12.9. The summed E-state index contributed by atoms with van der Waals surface area (Å²) in [6.45, 7) is 3.64. The molecule has 2 heterocycles. The van der Waals surface area contributed by atoms with Crippen LogP contribution in [0.5, 0.6) is 5.75 Å². The number of carbonyl (C=O) groups is 1. The third kappa shape index (κ3) is 4.98. The molecule has 1 aliphatic rings. The average Bonchev–Trinajstić information content (AvgIpc) is 3.27. The van der Waals surface area contributed by atoms with Gasteiger partial charge in [-0.2, -0.15) is 4.31 Å². The first kappa shape index (κ1) is 21.5. The van der Waals surface area contributed by atoms with Crippen LogP contribution >= 0.6 is 11.3 Å². The fourth-order valence-corrected chi connectivity index (χ4v) is 5.68. The van der Waals surface area contributed by atoms with Gasteiger partial charge >= 0.3 is 0 Å². The quantitative estimate of drug-likeness (QED) is 0.566. The zero-order chi connectivity index (χ0) is 21.8. The lowest BCUT2D eigenvalue weighted by Gasteiger charge is -2.33. The molecule has 1 aromatic heterocycles. The summed E-state index contributed by atoms with van der Waals surface area (Å²) in [6.07, 6.45) is 0. The minimum absolute atomic E-state index is 0.0663. The molecule has 31 heavy (non-hydrogen) atoms. The number of hydrogen-bond acceptors (Lipinski definition) is 5. The van der Waals surface area contributed by atoms with Crippen LogP contribution in [0.1, 0.15) is 20.8 Å². The molecule has 0 bridgehead atoms. The van der Waals surface area contributed by atoms with E-state index in [9.17, 15) is 13.2 Å². The third-order valence-corrected chi connectivity index (χ3v) is 8.08. The Labute approximate surface area is 186 Å². The molecule has 6 nitrogen and oxygen atoms in total. The molecule has 0 radical (unpaired) electrons. The van der Waals surface area contributed by atoms with Gasteiger partial charge in [-0.05, 0) is 42.6 Å². The third-order valence-electron chi connectivity index (χ3n) is 5.20. The number of rotatable bonds is 6. The zero-order valence-electron chi connectivity index (χ0n) is 17.2. The largest absolute Gasteiger partial charge is 0.489 e. The molecule has 0 atom stereocenters. The van der Waals surface area contributed by atoms with Gasteiger partial charge in [-0.15, -0.1) is 11.3 Å². The number of piperazine rings is 1. The molecule has 4 rings (SSSR count). The van der Waals surface area contributed by atoms with E-state index in [1.165, 1.54) is 15.6 Å². The van der Waals surface area contributed by atoms with Crippen LogP contribution in [0.3, 0.4) is 0 Å². The van der Waals surface area contributed by atoms with Crippen molar-refractivity contribution in [2.75, 3.05) is 26.2 Å². The van der Waals surface area contributed by atoms with Crippen molar-refractivity contribution in [2.24, 2.45) is 0 Å². The van der Waals surface area contributed by atoms with Gasteiger partial charge in [0.05, 0.1) is 9.77 Å². The van der Waals surface area contributed by atoms with E-state index in [2.05, 4.69) is 0 Å². The van der Waals surface area contributed by atoms with E-state index >= 15 is 0 Å². The van der Waals surface area contributed by atoms with Gasteiger partial charge in [0.15, 0.2) is 0 Å². The van der Waals surface area contributed by atoms with E-state index in [-0.39, 0.29) is 19.0 Å². The van der Waals surface area contributed by atoms with Crippen LogP contribution in [0, 0.1) is 6.92 Å². The maximum Gasteiger partial charge on any atom is 0.264 e. The summed E-state index contributed by atoms with van der Waals surface area (Å²) >= 11 is 1.39. The molecule has 0 spiro atoms. The Morgan fingerprint density at radius 2 is 1.68 bits per heavy atom. The molecular formula is C23H24N2O4S2. The van der Waals surface area contributed by atoms with Gasteiger partial charge < -0.3 is 9.64 Å². The summed E-state index contributed by atoms with van der Waals surface area (Å²) in [5.74, 6) is 0.718. The van der Waals surface area contributed by atoms with E-state index in [1.54, 1.807) is 29.2 Å². The van der Waals surface area contributed by atoms with Crippen LogP contribution in [0.4, 0.5) is 0 Å². The second-order valence-electron chi connectivity index (χ2n) is 7.43. The van der Waals surface area contributed by atoms with Crippen LogP contribution < -0.4 is 4.74 Å². The lowest BCUT2D eigenvalue weighted by atomic mass is 10.2. The first-order valence-electron chi connectivity index (χ1n) is 10.0. The van der Waals surface area contributed by atoms with Crippen LogP contribution in [-0.2, 0) is 16.6 Å². The minimum atomic E-state index is -3.54. The Balaban J connectivity index is 1.34. The standard InChI is InChI=1S/C23H24N2O4S2/c1-18-7-9-21(10-8-18)31(27,28)25-13-11-24(12-14-25)23(26)22-15-19(17-30-22)16-29-20-5-3-2-4-6-20/h2-10,15,17H,11-14,16H2,1H3. The van der Waals surface area contributed by atoms with E-state index < -0.39 is 10.0 Å². The monoisotopic (exact) mass is 456 g/mol. The topological polar surface area (TPSA) is 66.9 Å². The van der Waals surface area contributed by atoms with E-state index in [0.29, 0.717) is 29.5 Å². The zero-order valence-corrected chi connectivity index (χ0v) is 18.9. The van der Waals surface area contributed by atoms with Gasteiger partial charge in [-0.25, -0.2) is 8.42 Å². The molecular weight excluding hydrogens is 432 g/mol. The number of carbonyl (C=O) groups excluding carboxylic acids is 1. The molecule has 2 aromatic carbocycles. The predicted molar refractivity (Wildman–Crippen MR) is 121 cm³/mol. The number of nitrogens with zero attached hydrogens (tertiary/aromatic N) is 2. The summed E-state index contributed by atoms with van der Waals surface area (Å²) in [7, 11) is -3.54. The number of thiophene rings is 1. The van der Waals surface area contributed by atoms with Crippen LogP contribution in [-0.4, -0.2) is 49.7 Å². The lowest BCUT2D eigenvalue weighted by Crippen LogP contribution is -2.50. The van der Waals surface area contributed by atoms with Gasteiger partial charge in [-0.1, -0.05) is 35.9 Å². The summed E-state index contributed by atoms with van der Waals surface area (Å²) in [6, 6.07) is 18.2. The molecule has 0 N–H and O–H groups in total. The van der Waals surface area contributed by atoms with Crippen LogP contribution in [0.25, 0.3) is 0 Å². The van der Waals surface area contributed by atoms with Gasteiger partial charge in [0.25, 0.3) is 5.91 Å². The van der Waals surface area contributed by atoms with E-state index in [1.807, 2.05) is 48.7 Å². The smallest absolute Gasteiger partial charge is 0.264 e.